The van der Waals surface area contributed by atoms with E-state index in [0.29, 0.717) is 12.4 Å². The number of aromatic nitrogens is 2. The second-order valence-electron chi connectivity index (χ2n) is 6.41. The van der Waals surface area contributed by atoms with E-state index in [2.05, 4.69) is 15.7 Å². The molecule has 134 valence electrons. The van der Waals surface area contributed by atoms with Gasteiger partial charge in [0.15, 0.2) is 0 Å². The lowest BCUT2D eigenvalue weighted by Crippen LogP contribution is -2.31. The number of amides is 2. The van der Waals surface area contributed by atoms with Gasteiger partial charge in [0.2, 0.25) is 0 Å². The van der Waals surface area contributed by atoms with Crippen molar-refractivity contribution in [2.24, 2.45) is 7.05 Å². The smallest absolute Gasteiger partial charge is 0.320 e. The standard InChI is InChI=1S/C18H24N4O3/c1-12(13-5-3-7-15(23)9-13)19-18(24)20-17-10-16(21-22(17)2)14-6-4-8-25-11-14/h3,5,7,9-10,12,14,23H,4,6,8,11H2,1-2H3,(H2,19,20,24)/t12-,14?/m0/s1. The molecular formula is C18H24N4O3. The van der Waals surface area contributed by atoms with Gasteiger partial charge in [0.25, 0.3) is 0 Å². The molecule has 1 aromatic carbocycles. The molecule has 0 aliphatic carbocycles. The van der Waals surface area contributed by atoms with Crippen LogP contribution in [0.2, 0.25) is 0 Å². The highest BCUT2D eigenvalue weighted by molar-refractivity contribution is 5.88. The topological polar surface area (TPSA) is 88.4 Å². The summed E-state index contributed by atoms with van der Waals surface area (Å²) in [5, 5.41) is 19.7. The van der Waals surface area contributed by atoms with Gasteiger partial charge in [-0.3, -0.25) is 10.00 Å². The maximum atomic E-state index is 12.3. The molecule has 2 amide bonds. The molecule has 0 bridgehead atoms. The van der Waals surface area contributed by atoms with Crippen molar-refractivity contribution in [2.75, 3.05) is 18.5 Å². The number of aryl methyl sites for hydroxylation is 1. The van der Waals surface area contributed by atoms with Crippen molar-refractivity contribution in [2.45, 2.75) is 31.7 Å². The van der Waals surface area contributed by atoms with Gasteiger partial charge in [-0.1, -0.05) is 12.1 Å². The number of carbonyl (C=O) groups excluding carboxylic acids is 1. The van der Waals surface area contributed by atoms with Crippen LogP contribution >= 0.6 is 0 Å². The number of ether oxygens (including phenoxy) is 1. The van der Waals surface area contributed by atoms with Crippen LogP contribution in [0.25, 0.3) is 0 Å². The van der Waals surface area contributed by atoms with Crippen LogP contribution in [-0.4, -0.2) is 34.1 Å². The number of nitrogens with zero attached hydrogens (tertiary/aromatic N) is 2. The fourth-order valence-electron chi connectivity index (χ4n) is 3.01. The number of aromatic hydroxyl groups is 1. The Bertz CT molecular complexity index is 738. The van der Waals surface area contributed by atoms with Gasteiger partial charge in [-0.05, 0) is 37.5 Å². The first kappa shape index (κ1) is 17.3. The third-order valence-electron chi connectivity index (χ3n) is 4.44. The average molecular weight is 344 g/mol. The van der Waals surface area contributed by atoms with Crippen molar-refractivity contribution in [1.82, 2.24) is 15.1 Å². The monoisotopic (exact) mass is 344 g/mol. The van der Waals surface area contributed by atoms with Crippen LogP contribution in [0.1, 0.15) is 43.0 Å². The molecule has 3 rings (SSSR count). The minimum atomic E-state index is -0.315. The number of rotatable bonds is 4. The summed E-state index contributed by atoms with van der Waals surface area (Å²) in [6.45, 7) is 3.35. The Morgan fingerprint density at radius 1 is 1.44 bits per heavy atom. The molecule has 7 heteroatoms. The maximum absolute atomic E-state index is 12.3. The highest BCUT2D eigenvalue weighted by atomic mass is 16.5. The third kappa shape index (κ3) is 4.30. The van der Waals surface area contributed by atoms with Crippen molar-refractivity contribution < 1.29 is 14.6 Å². The number of phenolic OH excluding ortho intramolecular Hbond substituents is 1. The second-order valence-corrected chi connectivity index (χ2v) is 6.41. The highest BCUT2D eigenvalue weighted by Gasteiger charge is 2.20. The molecule has 3 N–H and O–H groups in total. The van der Waals surface area contributed by atoms with Gasteiger partial charge >= 0.3 is 6.03 Å². The molecule has 2 heterocycles. The predicted molar refractivity (Wildman–Crippen MR) is 94.7 cm³/mol. The summed E-state index contributed by atoms with van der Waals surface area (Å²) in [6.07, 6.45) is 2.09. The van der Waals surface area contributed by atoms with E-state index < -0.39 is 0 Å². The lowest BCUT2D eigenvalue weighted by Gasteiger charge is -2.19. The zero-order chi connectivity index (χ0) is 17.8. The van der Waals surface area contributed by atoms with E-state index in [4.69, 9.17) is 4.74 Å². The van der Waals surface area contributed by atoms with Crippen molar-refractivity contribution in [3.8, 4) is 5.75 Å². The molecule has 7 nitrogen and oxygen atoms in total. The summed E-state index contributed by atoms with van der Waals surface area (Å²) in [5.74, 6) is 1.10. The van der Waals surface area contributed by atoms with Crippen molar-refractivity contribution in [3.63, 3.8) is 0 Å². The number of nitrogens with one attached hydrogen (secondary N) is 2. The second kappa shape index (κ2) is 7.57. The van der Waals surface area contributed by atoms with Gasteiger partial charge in [-0.15, -0.1) is 0 Å². The maximum Gasteiger partial charge on any atom is 0.320 e. The van der Waals surface area contributed by atoms with Gasteiger partial charge in [0, 0.05) is 25.6 Å². The first-order valence-corrected chi connectivity index (χ1v) is 8.51. The minimum Gasteiger partial charge on any atom is -0.508 e. The number of carbonyl (C=O) groups is 1. The molecule has 1 saturated heterocycles. The molecule has 1 aliphatic heterocycles. The largest absolute Gasteiger partial charge is 0.508 e. The van der Waals surface area contributed by atoms with Crippen LogP contribution in [0.4, 0.5) is 10.6 Å². The van der Waals surface area contributed by atoms with Crippen LogP contribution in [0.15, 0.2) is 30.3 Å². The molecule has 1 unspecified atom stereocenters. The fraction of sp³-hybridized carbons (Fsp3) is 0.444. The molecule has 0 spiro atoms. The number of hydrogen-bond acceptors (Lipinski definition) is 4. The number of anilines is 1. The summed E-state index contributed by atoms with van der Waals surface area (Å²) < 4.78 is 7.18. The Morgan fingerprint density at radius 3 is 3.00 bits per heavy atom. The van der Waals surface area contributed by atoms with Crippen molar-refractivity contribution in [1.29, 1.82) is 0 Å². The van der Waals surface area contributed by atoms with E-state index in [1.165, 1.54) is 0 Å². The Hall–Kier alpha value is -2.54. The quantitative estimate of drug-likeness (QED) is 0.796. The fourth-order valence-corrected chi connectivity index (χ4v) is 3.01. The van der Waals surface area contributed by atoms with Crippen LogP contribution < -0.4 is 10.6 Å². The Morgan fingerprint density at radius 2 is 2.28 bits per heavy atom. The van der Waals surface area contributed by atoms with E-state index in [0.717, 1.165) is 30.7 Å². The minimum absolute atomic E-state index is 0.178. The predicted octanol–water partition coefficient (Wildman–Crippen LogP) is 2.90. The third-order valence-corrected chi connectivity index (χ3v) is 4.44. The molecule has 0 radical (unpaired) electrons. The van der Waals surface area contributed by atoms with Crippen LogP contribution in [0, 0.1) is 0 Å². The molecule has 1 aliphatic rings. The lowest BCUT2D eigenvalue weighted by molar-refractivity contribution is 0.0791. The van der Waals surface area contributed by atoms with Crippen molar-refractivity contribution in [3.05, 3.63) is 41.6 Å². The zero-order valence-electron chi connectivity index (χ0n) is 14.5. The van der Waals surface area contributed by atoms with Crippen molar-refractivity contribution >= 4 is 11.8 Å². The molecule has 1 fully saturated rings. The summed E-state index contributed by atoms with van der Waals surface area (Å²) in [7, 11) is 1.81. The van der Waals surface area contributed by atoms with Crippen LogP contribution in [0.3, 0.4) is 0 Å². The van der Waals surface area contributed by atoms with Gasteiger partial charge in [0.05, 0.1) is 18.3 Å². The number of phenols is 1. The SMILES string of the molecule is C[C@H](NC(=O)Nc1cc(C2CCCOC2)nn1C)c1cccc(O)c1. The molecular weight excluding hydrogens is 320 g/mol. The molecule has 2 aromatic rings. The van der Waals surface area contributed by atoms with Gasteiger partial charge in [0.1, 0.15) is 11.6 Å². The first-order valence-electron chi connectivity index (χ1n) is 8.51. The van der Waals surface area contributed by atoms with E-state index >= 15 is 0 Å². The Labute approximate surface area is 147 Å². The number of benzene rings is 1. The van der Waals surface area contributed by atoms with E-state index in [9.17, 15) is 9.90 Å². The summed E-state index contributed by atoms with van der Waals surface area (Å²) in [6, 6.07) is 8.20. The van der Waals surface area contributed by atoms with Crippen LogP contribution in [-0.2, 0) is 11.8 Å². The van der Waals surface area contributed by atoms with E-state index in [1.807, 2.05) is 26.1 Å². The Kier molecular flexibility index (Phi) is 5.23. The molecule has 1 aromatic heterocycles. The highest BCUT2D eigenvalue weighted by Crippen LogP contribution is 2.26. The van der Waals surface area contributed by atoms with E-state index in [1.54, 1.807) is 22.9 Å². The average Bonchev–Trinajstić information content (AvgIpc) is 2.96. The summed E-state index contributed by atoms with van der Waals surface area (Å²) in [5.41, 5.74) is 1.78. The normalized spacial score (nSPS) is 18.6. The van der Waals surface area contributed by atoms with Gasteiger partial charge in [-0.2, -0.15) is 5.10 Å². The van der Waals surface area contributed by atoms with Gasteiger partial charge < -0.3 is 15.2 Å². The first-order chi connectivity index (χ1) is 12.0. The lowest BCUT2D eigenvalue weighted by atomic mass is 9.99. The number of hydrogen-bond donors (Lipinski definition) is 3. The number of urea groups is 1. The zero-order valence-corrected chi connectivity index (χ0v) is 14.5. The Balaban J connectivity index is 1.61. The molecule has 2 atom stereocenters. The molecule has 25 heavy (non-hydrogen) atoms. The molecule has 0 saturated carbocycles. The summed E-state index contributed by atoms with van der Waals surface area (Å²) in [4.78, 5) is 12.3. The van der Waals surface area contributed by atoms with Gasteiger partial charge in [-0.25, -0.2) is 4.79 Å². The van der Waals surface area contributed by atoms with Crippen LogP contribution in [0.5, 0.6) is 5.75 Å². The van der Waals surface area contributed by atoms with E-state index in [-0.39, 0.29) is 23.7 Å². The summed E-state index contributed by atoms with van der Waals surface area (Å²) >= 11 is 0.